The molecule has 0 aliphatic rings. The van der Waals surface area contributed by atoms with Crippen molar-refractivity contribution < 1.29 is 19.4 Å². The number of carbonyl (C=O) groups excluding carboxylic acids is 2. The largest absolute Gasteiger partial charge is 0.395 e. The molecule has 0 saturated carbocycles. The van der Waals surface area contributed by atoms with Gasteiger partial charge < -0.3 is 19.3 Å². The normalized spacial score (nSPS) is 10.5. The van der Waals surface area contributed by atoms with Crippen LogP contribution in [0.3, 0.4) is 0 Å². The summed E-state index contributed by atoms with van der Waals surface area (Å²) in [5.41, 5.74) is 0.927. The first kappa shape index (κ1) is 15.4. The minimum atomic E-state index is -0.221. The highest BCUT2D eigenvalue weighted by Crippen LogP contribution is 2.11. The third-order valence-electron chi connectivity index (χ3n) is 2.85. The SMILES string of the molecule is COCCN(CCO)C(=O)c1cc(C(C)=O)cn1C. The highest BCUT2D eigenvalue weighted by Gasteiger charge is 2.19. The molecule has 1 rings (SSSR count). The minimum Gasteiger partial charge on any atom is -0.395 e. The van der Waals surface area contributed by atoms with Crippen molar-refractivity contribution in [2.75, 3.05) is 33.4 Å². The van der Waals surface area contributed by atoms with Gasteiger partial charge in [0, 0.05) is 39.0 Å². The standard InChI is InChI=1S/C13H20N2O4/c1-10(17)11-8-12(14(2)9-11)13(18)15(4-6-16)5-7-19-3/h8-9,16H,4-7H2,1-3H3. The monoisotopic (exact) mass is 268 g/mol. The van der Waals surface area contributed by atoms with Crippen molar-refractivity contribution in [3.63, 3.8) is 0 Å². The Kier molecular flexibility index (Phi) is 5.72. The summed E-state index contributed by atoms with van der Waals surface area (Å²) in [5.74, 6) is -0.304. The van der Waals surface area contributed by atoms with Gasteiger partial charge in [-0.1, -0.05) is 0 Å². The van der Waals surface area contributed by atoms with E-state index in [4.69, 9.17) is 9.84 Å². The van der Waals surface area contributed by atoms with E-state index >= 15 is 0 Å². The lowest BCUT2D eigenvalue weighted by atomic mass is 10.2. The van der Waals surface area contributed by atoms with E-state index in [0.717, 1.165) is 0 Å². The Morgan fingerprint density at radius 1 is 1.42 bits per heavy atom. The Hall–Kier alpha value is -1.66. The molecule has 106 valence electrons. The number of carbonyl (C=O) groups is 2. The van der Waals surface area contributed by atoms with Crippen molar-refractivity contribution in [2.45, 2.75) is 6.92 Å². The first-order valence-electron chi connectivity index (χ1n) is 6.07. The molecular weight excluding hydrogens is 248 g/mol. The molecule has 0 spiro atoms. The maximum absolute atomic E-state index is 12.3. The molecule has 0 unspecified atom stereocenters. The van der Waals surface area contributed by atoms with Gasteiger partial charge >= 0.3 is 0 Å². The van der Waals surface area contributed by atoms with Crippen molar-refractivity contribution in [3.8, 4) is 0 Å². The smallest absolute Gasteiger partial charge is 0.270 e. The first-order valence-corrected chi connectivity index (χ1v) is 6.07. The van der Waals surface area contributed by atoms with Crippen LogP contribution in [0.4, 0.5) is 0 Å². The predicted molar refractivity (Wildman–Crippen MR) is 70.3 cm³/mol. The molecule has 0 aromatic carbocycles. The van der Waals surface area contributed by atoms with Crippen molar-refractivity contribution >= 4 is 11.7 Å². The van der Waals surface area contributed by atoms with Crippen LogP contribution in [0.25, 0.3) is 0 Å². The molecule has 19 heavy (non-hydrogen) atoms. The molecule has 0 atom stereocenters. The van der Waals surface area contributed by atoms with E-state index in [-0.39, 0.29) is 24.8 Å². The fraction of sp³-hybridized carbons (Fsp3) is 0.538. The maximum Gasteiger partial charge on any atom is 0.270 e. The zero-order valence-electron chi connectivity index (χ0n) is 11.5. The van der Waals surface area contributed by atoms with Gasteiger partial charge in [-0.25, -0.2) is 0 Å². The molecule has 6 heteroatoms. The van der Waals surface area contributed by atoms with Crippen LogP contribution in [-0.2, 0) is 11.8 Å². The van der Waals surface area contributed by atoms with Crippen molar-refractivity contribution in [1.29, 1.82) is 0 Å². The summed E-state index contributed by atoms with van der Waals surface area (Å²) in [7, 11) is 3.27. The Morgan fingerprint density at radius 3 is 2.58 bits per heavy atom. The number of nitrogens with zero attached hydrogens (tertiary/aromatic N) is 2. The second kappa shape index (κ2) is 7.06. The van der Waals surface area contributed by atoms with E-state index in [1.165, 1.54) is 11.8 Å². The lowest BCUT2D eigenvalue weighted by Gasteiger charge is -2.21. The third kappa shape index (κ3) is 3.90. The molecule has 0 saturated heterocycles. The van der Waals surface area contributed by atoms with Crippen LogP contribution >= 0.6 is 0 Å². The fourth-order valence-electron chi connectivity index (χ4n) is 1.77. The summed E-state index contributed by atoms with van der Waals surface area (Å²) < 4.78 is 6.56. The van der Waals surface area contributed by atoms with E-state index in [1.54, 1.807) is 31.0 Å². The summed E-state index contributed by atoms with van der Waals surface area (Å²) in [6.07, 6.45) is 1.63. The number of rotatable bonds is 7. The van der Waals surface area contributed by atoms with Gasteiger partial charge in [0.2, 0.25) is 0 Å². The molecule has 1 aromatic heterocycles. The van der Waals surface area contributed by atoms with Gasteiger partial charge in [-0.15, -0.1) is 0 Å². The van der Waals surface area contributed by atoms with Gasteiger partial charge in [-0.2, -0.15) is 0 Å². The van der Waals surface area contributed by atoms with Gasteiger partial charge in [0.1, 0.15) is 5.69 Å². The molecule has 0 aliphatic carbocycles. The van der Waals surface area contributed by atoms with Crippen LogP contribution in [0.1, 0.15) is 27.8 Å². The maximum atomic E-state index is 12.3. The van der Waals surface area contributed by atoms with E-state index in [0.29, 0.717) is 24.4 Å². The van der Waals surface area contributed by atoms with Crippen LogP contribution in [0.2, 0.25) is 0 Å². The van der Waals surface area contributed by atoms with E-state index in [9.17, 15) is 9.59 Å². The zero-order valence-corrected chi connectivity index (χ0v) is 11.5. The number of Topliss-reactive ketones (excluding diaryl/α,β-unsaturated/α-hetero) is 1. The number of aromatic nitrogens is 1. The summed E-state index contributed by atoms with van der Waals surface area (Å²) >= 11 is 0. The topological polar surface area (TPSA) is 71.8 Å². The number of hydrogen-bond donors (Lipinski definition) is 1. The number of ether oxygens (including phenoxy) is 1. The molecule has 0 aliphatic heterocycles. The highest BCUT2D eigenvalue weighted by atomic mass is 16.5. The molecule has 1 heterocycles. The van der Waals surface area contributed by atoms with Gasteiger partial charge in [0.25, 0.3) is 5.91 Å². The Bertz CT molecular complexity index is 453. The molecule has 1 N–H and O–H groups in total. The van der Waals surface area contributed by atoms with Crippen LogP contribution in [0.5, 0.6) is 0 Å². The first-order chi connectivity index (χ1) is 9.01. The average molecular weight is 268 g/mol. The van der Waals surface area contributed by atoms with Crippen LogP contribution in [0.15, 0.2) is 12.3 Å². The van der Waals surface area contributed by atoms with E-state index in [2.05, 4.69) is 0 Å². The Labute approximate surface area is 112 Å². The van der Waals surface area contributed by atoms with Gasteiger partial charge in [0.05, 0.1) is 13.2 Å². The number of aryl methyl sites for hydroxylation is 1. The van der Waals surface area contributed by atoms with Gasteiger partial charge in [-0.05, 0) is 13.0 Å². The zero-order chi connectivity index (χ0) is 14.4. The molecule has 1 aromatic rings. The van der Waals surface area contributed by atoms with Crippen LogP contribution < -0.4 is 0 Å². The third-order valence-corrected chi connectivity index (χ3v) is 2.85. The van der Waals surface area contributed by atoms with Crippen LogP contribution in [0, 0.1) is 0 Å². The molecule has 1 amide bonds. The number of ketones is 1. The molecule has 6 nitrogen and oxygen atoms in total. The molecule has 0 radical (unpaired) electrons. The quantitative estimate of drug-likeness (QED) is 0.722. The summed E-state index contributed by atoms with van der Waals surface area (Å²) in [5, 5.41) is 9.00. The van der Waals surface area contributed by atoms with Crippen LogP contribution in [-0.4, -0.2) is 59.7 Å². The number of methoxy groups -OCH3 is 1. The average Bonchev–Trinajstić information content (AvgIpc) is 2.76. The van der Waals surface area contributed by atoms with Crippen molar-refractivity contribution in [2.24, 2.45) is 7.05 Å². The van der Waals surface area contributed by atoms with Gasteiger partial charge in [0.15, 0.2) is 5.78 Å². The second-order valence-electron chi connectivity index (χ2n) is 4.29. The van der Waals surface area contributed by atoms with E-state index < -0.39 is 0 Å². The van der Waals surface area contributed by atoms with E-state index in [1.807, 2.05) is 0 Å². The summed E-state index contributed by atoms with van der Waals surface area (Å²) in [4.78, 5) is 25.1. The second-order valence-corrected chi connectivity index (χ2v) is 4.29. The lowest BCUT2D eigenvalue weighted by molar-refractivity contribution is 0.0647. The fourth-order valence-corrected chi connectivity index (χ4v) is 1.77. The van der Waals surface area contributed by atoms with Crippen molar-refractivity contribution in [1.82, 2.24) is 9.47 Å². The molecule has 0 fully saturated rings. The number of amides is 1. The Balaban J connectivity index is 2.92. The molecular formula is C13H20N2O4. The lowest BCUT2D eigenvalue weighted by Crippen LogP contribution is -2.37. The van der Waals surface area contributed by atoms with Gasteiger partial charge in [-0.3, -0.25) is 9.59 Å². The number of aliphatic hydroxyl groups excluding tert-OH is 1. The predicted octanol–water partition coefficient (Wildman–Crippen LogP) is 0.309. The summed E-state index contributed by atoms with van der Waals surface area (Å²) in [6, 6.07) is 1.57. The number of hydrogen-bond acceptors (Lipinski definition) is 4. The molecule has 0 bridgehead atoms. The minimum absolute atomic E-state index is 0.0831. The number of aliphatic hydroxyl groups is 1. The highest BCUT2D eigenvalue weighted by molar-refractivity contribution is 5.99. The Morgan fingerprint density at radius 2 is 2.11 bits per heavy atom. The summed E-state index contributed by atoms with van der Waals surface area (Å²) in [6.45, 7) is 2.38. The van der Waals surface area contributed by atoms with Crippen molar-refractivity contribution in [3.05, 3.63) is 23.5 Å².